The molecule has 56 valence electrons. The SMILES string of the molecule is CC/C=C\N=C(C)C=NC. The molecule has 0 aromatic heterocycles. The first-order chi connectivity index (χ1) is 4.81. The number of rotatable bonds is 3. The summed E-state index contributed by atoms with van der Waals surface area (Å²) in [5.41, 5.74) is 0.937. The minimum atomic E-state index is 0.937. The Kier molecular flexibility index (Phi) is 5.63. The summed E-state index contributed by atoms with van der Waals surface area (Å²) in [4.78, 5) is 7.92. The summed E-state index contributed by atoms with van der Waals surface area (Å²) in [6.07, 6.45) is 6.57. The maximum absolute atomic E-state index is 4.09. The molecule has 0 aliphatic rings. The van der Waals surface area contributed by atoms with Crippen LogP contribution in [0.2, 0.25) is 0 Å². The van der Waals surface area contributed by atoms with Crippen molar-refractivity contribution < 1.29 is 0 Å². The monoisotopic (exact) mass is 138 g/mol. The number of hydrogen-bond donors (Lipinski definition) is 0. The molecule has 0 saturated heterocycles. The quantitative estimate of drug-likeness (QED) is 0.533. The summed E-state index contributed by atoms with van der Waals surface area (Å²) in [5, 5.41) is 0. The van der Waals surface area contributed by atoms with Crippen molar-refractivity contribution in [3.63, 3.8) is 0 Å². The smallest absolute Gasteiger partial charge is 0.0550 e. The Morgan fingerprint density at radius 3 is 2.70 bits per heavy atom. The topological polar surface area (TPSA) is 24.7 Å². The van der Waals surface area contributed by atoms with Gasteiger partial charge in [-0.25, -0.2) is 0 Å². The molecule has 0 aromatic rings. The van der Waals surface area contributed by atoms with Gasteiger partial charge in [0.2, 0.25) is 0 Å². The first kappa shape index (κ1) is 9.08. The lowest BCUT2D eigenvalue weighted by molar-refractivity contribution is 1.21. The van der Waals surface area contributed by atoms with Gasteiger partial charge in [0.05, 0.1) is 5.71 Å². The highest BCUT2D eigenvalue weighted by Gasteiger charge is 1.76. The van der Waals surface area contributed by atoms with Gasteiger partial charge in [0.15, 0.2) is 0 Å². The molecule has 0 aliphatic heterocycles. The molecular formula is C8H14N2. The maximum atomic E-state index is 4.09. The molecule has 0 heterocycles. The van der Waals surface area contributed by atoms with Gasteiger partial charge in [-0.05, 0) is 13.3 Å². The van der Waals surface area contributed by atoms with Crippen LogP contribution in [0, 0.1) is 0 Å². The number of nitrogens with zero attached hydrogens (tertiary/aromatic N) is 2. The van der Waals surface area contributed by atoms with Crippen LogP contribution < -0.4 is 0 Å². The van der Waals surface area contributed by atoms with E-state index in [4.69, 9.17) is 0 Å². The minimum Gasteiger partial charge on any atom is -0.295 e. The summed E-state index contributed by atoms with van der Waals surface area (Å²) in [5.74, 6) is 0. The molecule has 0 N–H and O–H groups in total. The Bertz CT molecular complexity index is 155. The molecule has 0 amide bonds. The van der Waals surface area contributed by atoms with Crippen LogP contribution >= 0.6 is 0 Å². The van der Waals surface area contributed by atoms with Gasteiger partial charge in [0.1, 0.15) is 0 Å². The Morgan fingerprint density at radius 2 is 2.20 bits per heavy atom. The summed E-state index contributed by atoms with van der Waals surface area (Å²) in [6.45, 7) is 4.00. The van der Waals surface area contributed by atoms with Gasteiger partial charge >= 0.3 is 0 Å². The number of hydrogen-bond acceptors (Lipinski definition) is 2. The summed E-state index contributed by atoms with van der Waals surface area (Å²) in [6, 6.07) is 0. The maximum Gasteiger partial charge on any atom is 0.0550 e. The molecule has 0 atom stereocenters. The Morgan fingerprint density at radius 1 is 1.50 bits per heavy atom. The average molecular weight is 138 g/mol. The Balaban J connectivity index is 3.79. The average Bonchev–Trinajstić information content (AvgIpc) is 1.89. The van der Waals surface area contributed by atoms with Crippen LogP contribution in [0.15, 0.2) is 22.3 Å². The first-order valence-corrected chi connectivity index (χ1v) is 3.42. The van der Waals surface area contributed by atoms with Gasteiger partial charge in [-0.1, -0.05) is 13.0 Å². The molecule has 2 nitrogen and oxygen atoms in total. The van der Waals surface area contributed by atoms with Crippen LogP contribution in [0.4, 0.5) is 0 Å². The van der Waals surface area contributed by atoms with E-state index in [0.717, 1.165) is 12.1 Å². The lowest BCUT2D eigenvalue weighted by Gasteiger charge is -1.83. The van der Waals surface area contributed by atoms with Crippen molar-refractivity contribution in [3.8, 4) is 0 Å². The van der Waals surface area contributed by atoms with E-state index in [2.05, 4.69) is 16.9 Å². The van der Waals surface area contributed by atoms with Gasteiger partial charge in [-0.2, -0.15) is 0 Å². The van der Waals surface area contributed by atoms with E-state index in [1.807, 2.05) is 13.0 Å². The van der Waals surface area contributed by atoms with Crippen LogP contribution in [0.25, 0.3) is 0 Å². The summed E-state index contributed by atoms with van der Waals surface area (Å²) >= 11 is 0. The second kappa shape index (κ2) is 6.20. The van der Waals surface area contributed by atoms with Gasteiger partial charge in [0.25, 0.3) is 0 Å². The third-order valence-electron chi connectivity index (χ3n) is 0.935. The zero-order valence-corrected chi connectivity index (χ0v) is 6.83. The fraction of sp³-hybridized carbons (Fsp3) is 0.500. The van der Waals surface area contributed by atoms with Gasteiger partial charge < -0.3 is 0 Å². The van der Waals surface area contributed by atoms with Crippen LogP contribution in [-0.2, 0) is 0 Å². The molecular weight excluding hydrogens is 124 g/mol. The Labute approximate surface area is 62.4 Å². The molecule has 0 aliphatic carbocycles. The van der Waals surface area contributed by atoms with Gasteiger partial charge in [0, 0.05) is 19.5 Å². The fourth-order valence-corrected chi connectivity index (χ4v) is 0.496. The van der Waals surface area contributed by atoms with E-state index in [9.17, 15) is 0 Å². The predicted molar refractivity (Wildman–Crippen MR) is 47.0 cm³/mol. The first-order valence-electron chi connectivity index (χ1n) is 3.42. The predicted octanol–water partition coefficient (Wildman–Crippen LogP) is 2.07. The standard InChI is InChI=1S/C8H14N2/c1-4-5-6-10-8(2)7-9-3/h5-7H,4H2,1-3H3/b6-5-,9-7?,10-8?. The molecule has 0 bridgehead atoms. The fourth-order valence-electron chi connectivity index (χ4n) is 0.496. The normalized spacial score (nSPS) is 13.7. The minimum absolute atomic E-state index is 0.937. The van der Waals surface area contributed by atoms with E-state index >= 15 is 0 Å². The van der Waals surface area contributed by atoms with E-state index in [0.29, 0.717) is 0 Å². The van der Waals surface area contributed by atoms with E-state index < -0.39 is 0 Å². The highest BCUT2D eigenvalue weighted by atomic mass is 14.7. The van der Waals surface area contributed by atoms with Crippen molar-refractivity contribution in [2.24, 2.45) is 9.98 Å². The second-order valence-corrected chi connectivity index (χ2v) is 1.95. The zero-order chi connectivity index (χ0) is 7.82. The highest BCUT2D eigenvalue weighted by Crippen LogP contribution is 1.81. The van der Waals surface area contributed by atoms with Gasteiger partial charge in [-0.15, -0.1) is 0 Å². The highest BCUT2D eigenvalue weighted by molar-refractivity contribution is 6.29. The van der Waals surface area contributed by atoms with Gasteiger partial charge in [-0.3, -0.25) is 9.98 Å². The van der Waals surface area contributed by atoms with E-state index in [-0.39, 0.29) is 0 Å². The van der Waals surface area contributed by atoms with E-state index in [1.54, 1.807) is 19.5 Å². The number of aliphatic imine (C=N–C) groups is 2. The van der Waals surface area contributed by atoms with Crippen LogP contribution in [0.1, 0.15) is 20.3 Å². The second-order valence-electron chi connectivity index (χ2n) is 1.95. The molecule has 0 aromatic carbocycles. The Hall–Kier alpha value is -0.920. The molecule has 0 unspecified atom stereocenters. The van der Waals surface area contributed by atoms with Crippen molar-refractivity contribution >= 4 is 11.9 Å². The molecule has 2 heteroatoms. The number of allylic oxidation sites excluding steroid dienone is 1. The van der Waals surface area contributed by atoms with E-state index in [1.165, 1.54) is 0 Å². The third kappa shape index (κ3) is 5.22. The third-order valence-corrected chi connectivity index (χ3v) is 0.935. The zero-order valence-electron chi connectivity index (χ0n) is 6.83. The van der Waals surface area contributed by atoms with Crippen molar-refractivity contribution in [2.45, 2.75) is 20.3 Å². The summed E-state index contributed by atoms with van der Waals surface area (Å²) in [7, 11) is 1.74. The molecule has 0 saturated carbocycles. The molecule has 0 spiro atoms. The lowest BCUT2D eigenvalue weighted by atomic mass is 10.4. The van der Waals surface area contributed by atoms with Crippen LogP contribution in [0.3, 0.4) is 0 Å². The van der Waals surface area contributed by atoms with Crippen molar-refractivity contribution in [1.82, 2.24) is 0 Å². The molecule has 0 rings (SSSR count). The van der Waals surface area contributed by atoms with Crippen molar-refractivity contribution in [1.29, 1.82) is 0 Å². The molecule has 10 heavy (non-hydrogen) atoms. The molecule has 0 fully saturated rings. The van der Waals surface area contributed by atoms with Crippen LogP contribution in [0.5, 0.6) is 0 Å². The largest absolute Gasteiger partial charge is 0.295 e. The van der Waals surface area contributed by atoms with Crippen molar-refractivity contribution in [2.75, 3.05) is 7.05 Å². The summed E-state index contributed by atoms with van der Waals surface area (Å²) < 4.78 is 0. The lowest BCUT2D eigenvalue weighted by Crippen LogP contribution is -1.89. The molecule has 0 radical (unpaired) electrons. The van der Waals surface area contributed by atoms with Crippen LogP contribution in [-0.4, -0.2) is 19.0 Å². The van der Waals surface area contributed by atoms with Crippen molar-refractivity contribution in [3.05, 3.63) is 12.3 Å².